The number of anilines is 1. The molecule has 1 saturated heterocycles. The van der Waals surface area contributed by atoms with E-state index >= 15 is 0 Å². The van der Waals surface area contributed by atoms with Crippen LogP contribution in [0.5, 0.6) is 0 Å². The molecule has 4 aromatic rings. The quantitative estimate of drug-likeness (QED) is 0.190. The summed E-state index contributed by atoms with van der Waals surface area (Å²) in [6.07, 6.45) is 3.50. The molecule has 0 amide bonds. The first-order valence-corrected chi connectivity index (χ1v) is 13.6. The molecular weight excluding hydrogens is 548 g/mol. The van der Waals surface area contributed by atoms with Gasteiger partial charge in [-0.1, -0.05) is 71.8 Å². The molecule has 4 aromatic carbocycles. The average molecular weight is 568 g/mol. The van der Waals surface area contributed by atoms with E-state index in [0.717, 1.165) is 0 Å². The van der Waals surface area contributed by atoms with Gasteiger partial charge in [0, 0.05) is 43.9 Å². The second-order valence-electron chi connectivity index (χ2n) is 10.3. The summed E-state index contributed by atoms with van der Waals surface area (Å²) in [7, 11) is 0. The predicted octanol–water partition coefficient (Wildman–Crippen LogP) is 7.45. The maximum Gasteiger partial charge on any atom is 0.185 e. The maximum atomic E-state index is 14.6. The molecule has 1 spiro atoms. The van der Waals surface area contributed by atoms with Crippen molar-refractivity contribution in [3.63, 3.8) is 0 Å². The molecule has 2 heterocycles. The van der Waals surface area contributed by atoms with E-state index in [2.05, 4.69) is 0 Å². The molecule has 40 heavy (non-hydrogen) atoms. The fourth-order valence-corrected chi connectivity index (χ4v) is 7.03. The number of fused-ring (bicyclic) bond motifs is 5. The van der Waals surface area contributed by atoms with Crippen LogP contribution < -0.4 is 4.90 Å². The number of carbonyl (C=O) groups is 3. The largest absolute Gasteiger partial charge is 0.352 e. The van der Waals surface area contributed by atoms with Gasteiger partial charge in [-0.2, -0.15) is 0 Å². The molecule has 2 aliphatic heterocycles. The highest BCUT2D eigenvalue weighted by molar-refractivity contribution is 6.33. The summed E-state index contributed by atoms with van der Waals surface area (Å²) in [5.41, 5.74) is 1.21. The summed E-state index contributed by atoms with van der Waals surface area (Å²) >= 11 is 12.4. The van der Waals surface area contributed by atoms with Gasteiger partial charge in [0.05, 0.1) is 6.04 Å². The van der Waals surface area contributed by atoms with Crippen LogP contribution in [-0.2, 0) is 0 Å². The SMILES string of the molecule is O=C(c1ccc(Cl)cc1)[C@@H]1[C@H](c2ccc(Cl)cc2)C2(C(=O)c3ccccc3C2=O)[C@@H]2C=Cc3cc(F)ccc3N12. The number of Topliss-reactive ketones (excluding diaryl/α,β-unsaturated/α-hetero) is 3. The number of hydrogen-bond donors (Lipinski definition) is 0. The van der Waals surface area contributed by atoms with Crippen molar-refractivity contribution in [2.75, 3.05) is 4.90 Å². The van der Waals surface area contributed by atoms with Gasteiger partial charge in [-0.15, -0.1) is 0 Å². The van der Waals surface area contributed by atoms with Gasteiger partial charge in [-0.3, -0.25) is 14.4 Å². The van der Waals surface area contributed by atoms with Gasteiger partial charge >= 0.3 is 0 Å². The van der Waals surface area contributed by atoms with Crippen molar-refractivity contribution >= 4 is 52.3 Å². The molecule has 3 aliphatic rings. The monoisotopic (exact) mass is 567 g/mol. The Bertz CT molecular complexity index is 1730. The topological polar surface area (TPSA) is 54.5 Å². The summed E-state index contributed by atoms with van der Waals surface area (Å²) in [6, 6.07) is 22.9. The first kappa shape index (κ1) is 24.9. The molecule has 7 rings (SSSR count). The second-order valence-corrected chi connectivity index (χ2v) is 11.2. The molecule has 4 nitrogen and oxygen atoms in total. The van der Waals surface area contributed by atoms with Crippen LogP contribution in [0.25, 0.3) is 6.08 Å². The standard InChI is InChI=1S/C33H20Cl2FNO3/c34-21-10-5-18(6-11-21)28-29(30(38)19-7-12-22(35)13-8-19)37-26-15-14-23(36)17-20(26)9-16-27(37)33(28)31(39)24-3-1-2-4-25(24)32(33)40/h1-17,27-29H/t27-,28-,29-/m0/s1. The van der Waals surface area contributed by atoms with Crippen LogP contribution in [0.3, 0.4) is 0 Å². The third-order valence-corrected chi connectivity index (χ3v) is 8.90. The molecule has 0 aromatic heterocycles. The number of nitrogens with zero attached hydrogens (tertiary/aromatic N) is 1. The van der Waals surface area contributed by atoms with Crippen LogP contribution >= 0.6 is 23.2 Å². The normalized spacial score (nSPS) is 21.9. The lowest BCUT2D eigenvalue weighted by atomic mass is 9.64. The molecule has 0 bridgehead atoms. The number of ketones is 3. The van der Waals surface area contributed by atoms with Crippen molar-refractivity contribution in [1.29, 1.82) is 0 Å². The van der Waals surface area contributed by atoms with Crippen molar-refractivity contribution in [2.45, 2.75) is 18.0 Å². The summed E-state index contributed by atoms with van der Waals surface area (Å²) in [6.45, 7) is 0. The van der Waals surface area contributed by atoms with E-state index < -0.39 is 29.2 Å². The van der Waals surface area contributed by atoms with Crippen LogP contribution in [0, 0.1) is 11.2 Å². The van der Waals surface area contributed by atoms with Crippen LogP contribution in [0.15, 0.2) is 97.1 Å². The van der Waals surface area contributed by atoms with E-state index in [1.165, 1.54) is 12.1 Å². The Morgan fingerprint density at radius 3 is 2.02 bits per heavy atom. The Morgan fingerprint density at radius 2 is 1.40 bits per heavy atom. The van der Waals surface area contributed by atoms with Gasteiger partial charge in [0.2, 0.25) is 0 Å². The van der Waals surface area contributed by atoms with Crippen molar-refractivity contribution in [3.8, 4) is 0 Å². The molecule has 0 radical (unpaired) electrons. The third-order valence-electron chi connectivity index (χ3n) is 8.39. The first-order chi connectivity index (χ1) is 19.3. The summed E-state index contributed by atoms with van der Waals surface area (Å²) in [4.78, 5) is 45.5. The van der Waals surface area contributed by atoms with Crippen LogP contribution in [0.4, 0.5) is 10.1 Å². The number of hydrogen-bond acceptors (Lipinski definition) is 4. The lowest BCUT2D eigenvalue weighted by molar-refractivity contribution is 0.0666. The molecule has 0 N–H and O–H groups in total. The molecule has 0 unspecified atom stereocenters. The first-order valence-electron chi connectivity index (χ1n) is 12.8. The van der Waals surface area contributed by atoms with Crippen LogP contribution in [-0.4, -0.2) is 29.4 Å². The molecule has 0 saturated carbocycles. The zero-order chi connectivity index (χ0) is 27.8. The zero-order valence-corrected chi connectivity index (χ0v) is 22.4. The lowest BCUT2D eigenvalue weighted by Gasteiger charge is -2.37. The third kappa shape index (κ3) is 3.34. The van der Waals surface area contributed by atoms with Gasteiger partial charge in [0.1, 0.15) is 17.3 Å². The average Bonchev–Trinajstić information content (AvgIpc) is 3.39. The maximum absolute atomic E-state index is 14.6. The summed E-state index contributed by atoms with van der Waals surface area (Å²) < 4.78 is 14.3. The highest BCUT2D eigenvalue weighted by atomic mass is 35.5. The predicted molar refractivity (Wildman–Crippen MR) is 153 cm³/mol. The highest BCUT2D eigenvalue weighted by Crippen LogP contribution is 2.61. The van der Waals surface area contributed by atoms with E-state index in [0.29, 0.717) is 43.5 Å². The number of rotatable bonds is 3. The van der Waals surface area contributed by atoms with Gasteiger partial charge in [-0.05, 0) is 60.2 Å². The highest BCUT2D eigenvalue weighted by Gasteiger charge is 2.71. The Kier molecular flexibility index (Phi) is 5.60. The molecular formula is C33H20Cl2FNO3. The summed E-state index contributed by atoms with van der Waals surface area (Å²) in [5.74, 6) is -2.23. The fourth-order valence-electron chi connectivity index (χ4n) is 6.78. The number of carbonyl (C=O) groups excluding carboxylic acids is 3. The van der Waals surface area contributed by atoms with Crippen LogP contribution in [0.2, 0.25) is 10.0 Å². The van der Waals surface area contributed by atoms with Gasteiger partial charge in [-0.25, -0.2) is 4.39 Å². The molecule has 1 fully saturated rings. The van der Waals surface area contributed by atoms with Crippen molar-refractivity contribution in [1.82, 2.24) is 0 Å². The van der Waals surface area contributed by atoms with E-state index in [4.69, 9.17) is 23.2 Å². The zero-order valence-electron chi connectivity index (χ0n) is 20.9. The van der Waals surface area contributed by atoms with Gasteiger partial charge in [0.15, 0.2) is 17.3 Å². The van der Waals surface area contributed by atoms with Crippen molar-refractivity contribution in [3.05, 3.63) is 141 Å². The fraction of sp³-hybridized carbons (Fsp3) is 0.121. The molecule has 196 valence electrons. The molecule has 7 heteroatoms. The smallest absolute Gasteiger partial charge is 0.185 e. The number of benzene rings is 4. The minimum atomic E-state index is -1.63. The van der Waals surface area contributed by atoms with E-state index in [1.54, 1.807) is 91.0 Å². The Balaban J connectivity index is 1.54. The number of halogens is 3. The van der Waals surface area contributed by atoms with Crippen LogP contribution in [0.1, 0.15) is 48.1 Å². The van der Waals surface area contributed by atoms with Crippen molar-refractivity contribution < 1.29 is 18.8 Å². The molecule has 3 atom stereocenters. The van der Waals surface area contributed by atoms with E-state index in [-0.39, 0.29) is 17.3 Å². The lowest BCUT2D eigenvalue weighted by Crippen LogP contribution is -2.48. The summed E-state index contributed by atoms with van der Waals surface area (Å²) in [5, 5.41) is 0.965. The van der Waals surface area contributed by atoms with Crippen molar-refractivity contribution in [2.24, 2.45) is 5.41 Å². The minimum absolute atomic E-state index is 0.277. The Morgan fingerprint density at radius 1 is 0.800 bits per heavy atom. The molecule has 1 aliphatic carbocycles. The second kappa shape index (κ2) is 8.98. The minimum Gasteiger partial charge on any atom is -0.352 e. The Labute approximate surface area is 239 Å². The van der Waals surface area contributed by atoms with Gasteiger partial charge < -0.3 is 4.90 Å². The van der Waals surface area contributed by atoms with E-state index in [9.17, 15) is 18.8 Å². The Hall–Kier alpha value is -4.06. The van der Waals surface area contributed by atoms with E-state index in [1.807, 2.05) is 4.90 Å². The van der Waals surface area contributed by atoms with Gasteiger partial charge in [0.25, 0.3) is 0 Å².